The molecular weight excluding hydrogens is 319 g/mol. The summed E-state index contributed by atoms with van der Waals surface area (Å²) in [4.78, 5) is 20.7. The quantitative estimate of drug-likeness (QED) is 0.681. The van der Waals surface area contributed by atoms with E-state index in [0.29, 0.717) is 29.7 Å². The molecule has 2 heterocycles. The van der Waals surface area contributed by atoms with Crippen LogP contribution in [-0.4, -0.2) is 15.8 Å². The highest BCUT2D eigenvalue weighted by Gasteiger charge is 2.32. The standard InChI is InChI=1S/C20H17FN2O2/c1-20(2)10-15-13(16(24)11-20)8-9-14(22-15)19-23-18(21)17(25-19)12-6-4-3-5-7-12/h3-9H,10-11H2,1-2H3. The van der Waals surface area contributed by atoms with E-state index in [-0.39, 0.29) is 22.8 Å². The lowest BCUT2D eigenvalue weighted by molar-refractivity contribution is 0.0910. The van der Waals surface area contributed by atoms with Gasteiger partial charge < -0.3 is 4.42 Å². The third-order valence-electron chi connectivity index (χ3n) is 4.40. The van der Waals surface area contributed by atoms with Gasteiger partial charge in [-0.05, 0) is 24.0 Å². The second-order valence-electron chi connectivity index (χ2n) is 7.14. The Morgan fingerprint density at radius 3 is 2.56 bits per heavy atom. The van der Waals surface area contributed by atoms with Gasteiger partial charge in [0.15, 0.2) is 11.5 Å². The summed E-state index contributed by atoms with van der Waals surface area (Å²) in [6.45, 7) is 4.08. The Balaban J connectivity index is 1.76. The number of carbonyl (C=O) groups excluding carboxylic acids is 1. The van der Waals surface area contributed by atoms with Gasteiger partial charge in [-0.3, -0.25) is 4.79 Å². The SMILES string of the molecule is CC1(C)CC(=O)c2ccc(-c3nc(F)c(-c4ccccc4)o3)nc2C1. The van der Waals surface area contributed by atoms with Gasteiger partial charge in [-0.2, -0.15) is 9.37 Å². The molecule has 1 aliphatic rings. The lowest BCUT2D eigenvalue weighted by atomic mass is 9.75. The summed E-state index contributed by atoms with van der Waals surface area (Å²) in [5, 5.41) is 0. The highest BCUT2D eigenvalue weighted by molar-refractivity contribution is 5.98. The van der Waals surface area contributed by atoms with Crippen molar-refractivity contribution >= 4 is 5.78 Å². The fourth-order valence-corrected chi connectivity index (χ4v) is 3.23. The first kappa shape index (κ1) is 15.7. The van der Waals surface area contributed by atoms with E-state index >= 15 is 0 Å². The maximum atomic E-state index is 14.2. The van der Waals surface area contributed by atoms with Gasteiger partial charge in [0.1, 0.15) is 5.69 Å². The molecule has 1 aliphatic carbocycles. The van der Waals surface area contributed by atoms with Crippen molar-refractivity contribution in [1.82, 2.24) is 9.97 Å². The van der Waals surface area contributed by atoms with Gasteiger partial charge in [0.25, 0.3) is 5.95 Å². The minimum absolute atomic E-state index is 0.0894. The lowest BCUT2D eigenvalue weighted by Gasteiger charge is -2.29. The van der Waals surface area contributed by atoms with Crippen molar-refractivity contribution < 1.29 is 13.6 Å². The number of rotatable bonds is 2. The summed E-state index contributed by atoms with van der Waals surface area (Å²) >= 11 is 0. The van der Waals surface area contributed by atoms with Gasteiger partial charge in [-0.1, -0.05) is 44.2 Å². The molecule has 0 N–H and O–H groups in total. The zero-order valence-electron chi connectivity index (χ0n) is 14.0. The predicted octanol–water partition coefficient (Wildman–Crippen LogP) is 4.70. The first-order valence-electron chi connectivity index (χ1n) is 8.18. The largest absolute Gasteiger partial charge is 0.431 e. The summed E-state index contributed by atoms with van der Waals surface area (Å²) < 4.78 is 19.8. The van der Waals surface area contributed by atoms with Crippen molar-refractivity contribution in [3.8, 4) is 22.9 Å². The van der Waals surface area contributed by atoms with Crippen LogP contribution in [0.1, 0.15) is 36.3 Å². The van der Waals surface area contributed by atoms with Crippen LogP contribution >= 0.6 is 0 Å². The highest BCUT2D eigenvalue weighted by atomic mass is 19.1. The van der Waals surface area contributed by atoms with Crippen LogP contribution in [-0.2, 0) is 6.42 Å². The molecule has 4 nitrogen and oxygen atoms in total. The number of halogens is 1. The first-order chi connectivity index (χ1) is 11.9. The molecule has 0 spiro atoms. The van der Waals surface area contributed by atoms with E-state index in [9.17, 15) is 9.18 Å². The molecule has 0 aliphatic heterocycles. The summed E-state index contributed by atoms with van der Waals surface area (Å²) in [6.07, 6.45) is 1.20. The van der Waals surface area contributed by atoms with Crippen molar-refractivity contribution in [3.05, 3.63) is 59.7 Å². The fourth-order valence-electron chi connectivity index (χ4n) is 3.23. The Labute approximate surface area is 144 Å². The topological polar surface area (TPSA) is 56.0 Å². The molecule has 0 bridgehead atoms. The second kappa shape index (κ2) is 5.62. The Morgan fingerprint density at radius 2 is 1.80 bits per heavy atom. The number of nitrogens with zero attached hydrogens (tertiary/aromatic N) is 2. The molecule has 0 saturated heterocycles. The monoisotopic (exact) mass is 336 g/mol. The summed E-state index contributed by atoms with van der Waals surface area (Å²) in [5.41, 5.74) is 2.28. The first-order valence-corrected chi connectivity index (χ1v) is 8.18. The Kier molecular flexibility index (Phi) is 3.53. The van der Waals surface area contributed by atoms with Gasteiger partial charge in [0.2, 0.25) is 5.89 Å². The number of benzene rings is 1. The maximum Gasteiger partial charge on any atom is 0.259 e. The molecule has 25 heavy (non-hydrogen) atoms. The third kappa shape index (κ3) is 2.86. The number of oxazole rings is 1. The van der Waals surface area contributed by atoms with Crippen LogP contribution < -0.4 is 0 Å². The Morgan fingerprint density at radius 1 is 1.04 bits per heavy atom. The number of fused-ring (bicyclic) bond motifs is 1. The lowest BCUT2D eigenvalue weighted by Crippen LogP contribution is -2.27. The fraction of sp³-hybridized carbons (Fsp3) is 0.250. The van der Waals surface area contributed by atoms with E-state index in [1.54, 1.807) is 24.3 Å². The molecule has 0 unspecified atom stereocenters. The molecule has 0 atom stereocenters. The maximum absolute atomic E-state index is 14.2. The zero-order chi connectivity index (χ0) is 17.6. The van der Waals surface area contributed by atoms with E-state index in [1.165, 1.54) is 0 Å². The van der Waals surface area contributed by atoms with Crippen LogP contribution in [0.5, 0.6) is 0 Å². The van der Waals surface area contributed by atoms with Gasteiger partial charge in [-0.25, -0.2) is 4.98 Å². The van der Waals surface area contributed by atoms with Crippen LogP contribution in [0.4, 0.5) is 4.39 Å². The van der Waals surface area contributed by atoms with Crippen molar-refractivity contribution in [3.63, 3.8) is 0 Å². The van der Waals surface area contributed by atoms with Gasteiger partial charge >= 0.3 is 0 Å². The van der Waals surface area contributed by atoms with Crippen LogP contribution in [0.2, 0.25) is 0 Å². The summed E-state index contributed by atoms with van der Waals surface area (Å²) in [6, 6.07) is 12.4. The summed E-state index contributed by atoms with van der Waals surface area (Å²) in [5.74, 6) is -0.368. The Hall–Kier alpha value is -2.82. The summed E-state index contributed by atoms with van der Waals surface area (Å²) in [7, 11) is 0. The smallest absolute Gasteiger partial charge is 0.259 e. The Bertz CT molecular complexity index is 961. The van der Waals surface area contributed by atoms with Gasteiger partial charge in [-0.15, -0.1) is 0 Å². The van der Waals surface area contributed by atoms with E-state index in [2.05, 4.69) is 9.97 Å². The number of carbonyl (C=O) groups is 1. The van der Waals surface area contributed by atoms with Crippen LogP contribution in [0.3, 0.4) is 0 Å². The number of Topliss-reactive ketones (excluding diaryl/α,β-unsaturated/α-hetero) is 1. The zero-order valence-corrected chi connectivity index (χ0v) is 14.0. The minimum atomic E-state index is -0.669. The molecule has 0 amide bonds. The van der Waals surface area contributed by atoms with E-state index in [1.807, 2.05) is 32.0 Å². The molecule has 2 aromatic heterocycles. The minimum Gasteiger partial charge on any atom is -0.431 e. The van der Waals surface area contributed by atoms with Crippen LogP contribution in [0.15, 0.2) is 46.9 Å². The molecule has 4 rings (SSSR count). The van der Waals surface area contributed by atoms with Gasteiger partial charge in [0.05, 0.1) is 5.69 Å². The number of ketones is 1. The molecule has 126 valence electrons. The third-order valence-corrected chi connectivity index (χ3v) is 4.40. The highest BCUT2D eigenvalue weighted by Crippen LogP contribution is 2.35. The molecule has 0 fully saturated rings. The molecule has 5 heteroatoms. The van der Waals surface area contributed by atoms with Crippen molar-refractivity contribution in [2.24, 2.45) is 5.41 Å². The van der Waals surface area contributed by atoms with E-state index < -0.39 is 5.95 Å². The average molecular weight is 336 g/mol. The van der Waals surface area contributed by atoms with Gasteiger partial charge in [0, 0.05) is 17.5 Å². The van der Waals surface area contributed by atoms with Crippen molar-refractivity contribution in [2.45, 2.75) is 26.7 Å². The number of aromatic nitrogens is 2. The van der Waals surface area contributed by atoms with Crippen molar-refractivity contribution in [2.75, 3.05) is 0 Å². The van der Waals surface area contributed by atoms with Crippen LogP contribution in [0.25, 0.3) is 22.9 Å². The predicted molar refractivity (Wildman–Crippen MR) is 91.6 cm³/mol. The second-order valence-corrected chi connectivity index (χ2v) is 7.14. The van der Waals surface area contributed by atoms with Crippen molar-refractivity contribution in [1.29, 1.82) is 0 Å². The number of hydrogen-bond acceptors (Lipinski definition) is 4. The van der Waals surface area contributed by atoms with E-state index in [4.69, 9.17) is 4.42 Å². The number of pyridine rings is 1. The molecule has 3 aromatic rings. The molecule has 0 radical (unpaired) electrons. The average Bonchev–Trinajstić information content (AvgIpc) is 2.96. The van der Waals surface area contributed by atoms with E-state index in [0.717, 1.165) is 5.69 Å². The normalized spacial score (nSPS) is 15.9. The number of hydrogen-bond donors (Lipinski definition) is 0. The molecular formula is C20H17FN2O2. The van der Waals surface area contributed by atoms with Crippen LogP contribution in [0, 0.1) is 11.4 Å². The molecule has 0 saturated carbocycles. The molecule has 1 aromatic carbocycles.